The number of benzene rings is 1. The topological polar surface area (TPSA) is 97.1 Å². The molecule has 7 nitrogen and oxygen atoms in total. The molecule has 0 saturated heterocycles. The van der Waals surface area contributed by atoms with Crippen molar-refractivity contribution in [3.8, 4) is 0 Å². The van der Waals surface area contributed by atoms with Gasteiger partial charge in [-0.3, -0.25) is 9.36 Å². The second-order valence-corrected chi connectivity index (χ2v) is 10.2. The monoisotopic (exact) mass is 542 g/mol. The fourth-order valence-corrected chi connectivity index (χ4v) is 5.70. The number of carbonyl (C=O) groups is 1. The standard InChI is InChI=1S/C24H20ClF5N4O3/c1-10-5-12(11(2)31-14-3-4-16(25)32-18(14)20(36)37)17-13(6-10)19(35)34-15(24(28,29)30)7-22(21(34)33-17)8-23(26,27)9-22/h3-6,11,15,31H,7-9H2,1-2H3,(H,36,37)/t11-,15-/m1/s1. The van der Waals surface area contributed by atoms with Crippen LogP contribution in [0.25, 0.3) is 10.9 Å². The third-order valence-corrected chi connectivity index (χ3v) is 7.23. The first-order valence-electron chi connectivity index (χ1n) is 11.3. The van der Waals surface area contributed by atoms with Gasteiger partial charge in [0.1, 0.15) is 17.0 Å². The van der Waals surface area contributed by atoms with Crippen LogP contribution in [0.1, 0.15) is 65.7 Å². The van der Waals surface area contributed by atoms with Crippen molar-refractivity contribution in [2.45, 2.75) is 62.7 Å². The molecule has 2 aromatic heterocycles. The van der Waals surface area contributed by atoms with Crippen LogP contribution < -0.4 is 10.9 Å². The number of aromatic carboxylic acids is 1. The lowest BCUT2D eigenvalue weighted by Crippen LogP contribution is -2.49. The van der Waals surface area contributed by atoms with Gasteiger partial charge in [0, 0.05) is 23.8 Å². The van der Waals surface area contributed by atoms with Gasteiger partial charge >= 0.3 is 12.1 Å². The number of carboxylic acid groups (broad SMARTS) is 1. The van der Waals surface area contributed by atoms with E-state index in [1.54, 1.807) is 19.9 Å². The smallest absolute Gasteiger partial charge is 0.409 e. The molecule has 37 heavy (non-hydrogen) atoms. The van der Waals surface area contributed by atoms with Crippen molar-refractivity contribution in [3.05, 3.63) is 62.4 Å². The van der Waals surface area contributed by atoms with Crippen LogP contribution in [0.5, 0.6) is 0 Å². The highest BCUT2D eigenvalue weighted by atomic mass is 35.5. The minimum Gasteiger partial charge on any atom is -0.476 e. The van der Waals surface area contributed by atoms with Crippen LogP contribution in [0.3, 0.4) is 0 Å². The average Bonchev–Trinajstić information content (AvgIpc) is 3.09. The normalized spacial score (nSPS) is 20.5. The Labute approximate surface area is 211 Å². The number of rotatable bonds is 4. The van der Waals surface area contributed by atoms with Crippen molar-refractivity contribution in [1.82, 2.24) is 14.5 Å². The molecule has 2 aliphatic rings. The molecule has 1 aromatic carbocycles. The second-order valence-electron chi connectivity index (χ2n) is 9.81. The maximum absolute atomic E-state index is 13.9. The number of pyridine rings is 1. The van der Waals surface area contributed by atoms with Gasteiger partial charge in [-0.1, -0.05) is 17.7 Å². The zero-order valence-corrected chi connectivity index (χ0v) is 20.2. The van der Waals surface area contributed by atoms with Crippen LogP contribution in [-0.2, 0) is 5.41 Å². The van der Waals surface area contributed by atoms with Crippen molar-refractivity contribution >= 4 is 34.2 Å². The zero-order chi connectivity index (χ0) is 27.1. The molecule has 13 heteroatoms. The van der Waals surface area contributed by atoms with Gasteiger partial charge in [-0.05, 0) is 44.0 Å². The number of carboxylic acids is 1. The Bertz CT molecular complexity index is 1510. The maximum Gasteiger partial charge on any atom is 0.409 e. The number of nitrogens with zero attached hydrogens (tertiary/aromatic N) is 3. The van der Waals surface area contributed by atoms with Crippen LogP contribution in [0.15, 0.2) is 29.1 Å². The highest BCUT2D eigenvalue weighted by molar-refractivity contribution is 6.29. The predicted octanol–water partition coefficient (Wildman–Crippen LogP) is 5.80. The fourth-order valence-electron chi connectivity index (χ4n) is 5.56. The van der Waals surface area contributed by atoms with E-state index in [0.29, 0.717) is 15.7 Å². The van der Waals surface area contributed by atoms with Gasteiger partial charge in [-0.25, -0.2) is 23.5 Å². The van der Waals surface area contributed by atoms with Gasteiger partial charge in [0.15, 0.2) is 5.69 Å². The van der Waals surface area contributed by atoms with E-state index in [2.05, 4.69) is 15.3 Å². The number of halogens is 6. The van der Waals surface area contributed by atoms with E-state index in [1.807, 2.05) is 0 Å². The number of hydrogen-bond donors (Lipinski definition) is 2. The SMILES string of the molecule is Cc1cc([C@@H](C)Nc2ccc(Cl)nc2C(=O)O)c2nc3n(c(=O)c2c1)[C@@H](C(F)(F)F)CC31CC(F)(F)C1. The van der Waals surface area contributed by atoms with Crippen LogP contribution in [0.2, 0.25) is 5.15 Å². The van der Waals surface area contributed by atoms with Gasteiger partial charge in [-0.2, -0.15) is 13.2 Å². The molecule has 5 rings (SSSR count). The molecule has 1 spiro atoms. The summed E-state index contributed by atoms with van der Waals surface area (Å²) in [5, 5.41) is 12.3. The summed E-state index contributed by atoms with van der Waals surface area (Å²) in [6.45, 7) is 3.29. The fraction of sp³-hybridized carbons (Fsp3) is 0.417. The van der Waals surface area contributed by atoms with Crippen molar-refractivity contribution in [2.24, 2.45) is 0 Å². The molecular formula is C24H20ClF5N4O3. The Morgan fingerprint density at radius 2 is 1.92 bits per heavy atom. The molecule has 0 bridgehead atoms. The Hall–Kier alpha value is -3.28. The lowest BCUT2D eigenvalue weighted by molar-refractivity contribution is -0.178. The summed E-state index contributed by atoms with van der Waals surface area (Å²) in [7, 11) is 0. The van der Waals surface area contributed by atoms with E-state index < -0.39 is 60.4 Å². The third-order valence-electron chi connectivity index (χ3n) is 7.02. The molecule has 1 fully saturated rings. The van der Waals surface area contributed by atoms with Crippen LogP contribution >= 0.6 is 11.6 Å². The van der Waals surface area contributed by atoms with E-state index in [1.165, 1.54) is 18.2 Å². The summed E-state index contributed by atoms with van der Waals surface area (Å²) in [5.74, 6) is -4.78. The lowest BCUT2D eigenvalue weighted by atomic mass is 9.64. The largest absolute Gasteiger partial charge is 0.476 e. The Kier molecular flexibility index (Phi) is 5.56. The highest BCUT2D eigenvalue weighted by Crippen LogP contribution is 2.61. The molecule has 196 valence electrons. The van der Waals surface area contributed by atoms with Crippen molar-refractivity contribution in [1.29, 1.82) is 0 Å². The van der Waals surface area contributed by atoms with E-state index in [4.69, 9.17) is 11.6 Å². The van der Waals surface area contributed by atoms with Crippen molar-refractivity contribution in [2.75, 3.05) is 5.32 Å². The Morgan fingerprint density at radius 3 is 2.51 bits per heavy atom. The molecule has 3 aromatic rings. The lowest BCUT2D eigenvalue weighted by Gasteiger charge is -2.44. The quantitative estimate of drug-likeness (QED) is 0.319. The van der Waals surface area contributed by atoms with Crippen molar-refractivity contribution < 1.29 is 31.9 Å². The summed E-state index contributed by atoms with van der Waals surface area (Å²) in [4.78, 5) is 33.3. The van der Waals surface area contributed by atoms with Crippen LogP contribution in [0.4, 0.5) is 27.6 Å². The van der Waals surface area contributed by atoms with Crippen LogP contribution in [0, 0.1) is 6.92 Å². The zero-order valence-electron chi connectivity index (χ0n) is 19.5. The summed E-state index contributed by atoms with van der Waals surface area (Å²) in [5.41, 5.74) is -1.75. The summed E-state index contributed by atoms with van der Waals surface area (Å²) >= 11 is 5.81. The van der Waals surface area contributed by atoms with Gasteiger partial charge in [0.2, 0.25) is 5.92 Å². The Morgan fingerprint density at radius 1 is 1.24 bits per heavy atom. The molecule has 2 N–H and O–H groups in total. The number of nitrogens with one attached hydrogen (secondary N) is 1. The van der Waals surface area contributed by atoms with Gasteiger partial charge < -0.3 is 10.4 Å². The average molecular weight is 543 g/mol. The summed E-state index contributed by atoms with van der Waals surface area (Å²) < 4.78 is 70.2. The molecule has 3 heterocycles. The molecule has 1 saturated carbocycles. The molecule has 0 unspecified atom stereocenters. The number of alkyl halides is 5. The molecule has 0 amide bonds. The first-order chi connectivity index (χ1) is 17.1. The van der Waals surface area contributed by atoms with E-state index in [-0.39, 0.29) is 33.3 Å². The Balaban J connectivity index is 1.68. The van der Waals surface area contributed by atoms with Gasteiger partial charge in [0.25, 0.3) is 5.56 Å². The maximum atomic E-state index is 13.9. The highest BCUT2D eigenvalue weighted by Gasteiger charge is 2.66. The predicted molar refractivity (Wildman–Crippen MR) is 125 cm³/mol. The molecule has 1 aliphatic carbocycles. The van der Waals surface area contributed by atoms with E-state index in [0.717, 1.165) is 0 Å². The number of aromatic nitrogens is 3. The molecular weight excluding hydrogens is 523 g/mol. The number of fused-ring (bicyclic) bond motifs is 3. The summed E-state index contributed by atoms with van der Waals surface area (Å²) in [6, 6.07) is 2.91. The van der Waals surface area contributed by atoms with E-state index in [9.17, 15) is 36.6 Å². The molecule has 1 aliphatic heterocycles. The minimum absolute atomic E-state index is 0.0383. The van der Waals surface area contributed by atoms with E-state index >= 15 is 0 Å². The third kappa shape index (κ3) is 4.11. The minimum atomic E-state index is -4.82. The molecule has 0 radical (unpaired) electrons. The first kappa shape index (κ1) is 25.4. The first-order valence-corrected chi connectivity index (χ1v) is 11.7. The number of hydrogen-bond acceptors (Lipinski definition) is 5. The van der Waals surface area contributed by atoms with Gasteiger partial charge in [0.05, 0.1) is 22.6 Å². The summed E-state index contributed by atoms with van der Waals surface area (Å²) in [6.07, 6.45) is -7.14. The van der Waals surface area contributed by atoms with Crippen molar-refractivity contribution in [3.63, 3.8) is 0 Å². The number of aryl methyl sites for hydroxylation is 1. The second kappa shape index (κ2) is 8.11. The molecule has 2 atom stereocenters. The van der Waals surface area contributed by atoms with Gasteiger partial charge in [-0.15, -0.1) is 0 Å². The van der Waals surface area contributed by atoms with Crippen LogP contribution in [-0.4, -0.2) is 37.7 Å². The number of anilines is 1.